The van der Waals surface area contributed by atoms with Crippen LogP contribution in [0.5, 0.6) is 0 Å². The molecule has 0 aromatic heterocycles. The van der Waals surface area contributed by atoms with E-state index < -0.39 is 0 Å². The van der Waals surface area contributed by atoms with E-state index >= 15 is 0 Å². The third-order valence-corrected chi connectivity index (χ3v) is 3.95. The molecular weight excluding hydrogens is 200 g/mol. The molecule has 0 amide bonds. The van der Waals surface area contributed by atoms with Crippen molar-refractivity contribution in [3.8, 4) is 0 Å². The Labute approximate surface area is 100 Å². The van der Waals surface area contributed by atoms with E-state index in [1.54, 1.807) is 0 Å². The normalized spacial score (nSPS) is 27.0. The quantitative estimate of drug-likeness (QED) is 0.705. The van der Waals surface area contributed by atoms with Crippen molar-refractivity contribution in [3.05, 3.63) is 0 Å². The third kappa shape index (κ3) is 5.31. The molecule has 0 aromatic carbocycles. The minimum Gasteiger partial charge on any atom is -0.393 e. The fourth-order valence-electron chi connectivity index (χ4n) is 2.19. The highest BCUT2D eigenvalue weighted by molar-refractivity contribution is 4.72. The first-order valence-corrected chi connectivity index (χ1v) is 6.83. The number of hydrogen-bond donors (Lipinski definition) is 1. The summed E-state index contributed by atoms with van der Waals surface area (Å²) in [7, 11) is 0. The molecule has 0 atom stereocenters. The molecule has 0 unspecified atom stereocenters. The lowest BCUT2D eigenvalue weighted by atomic mass is 9.85. The molecule has 0 saturated heterocycles. The summed E-state index contributed by atoms with van der Waals surface area (Å²) in [6.07, 6.45) is 7.92. The van der Waals surface area contributed by atoms with Gasteiger partial charge in [0, 0.05) is 6.61 Å². The van der Waals surface area contributed by atoms with E-state index in [0.29, 0.717) is 11.5 Å². The first kappa shape index (κ1) is 14.0. The SMILES string of the molecule is CCC(C)(C)CCCOC1CCC(O)CC1. The molecule has 0 radical (unpaired) electrons. The average Bonchev–Trinajstić information content (AvgIpc) is 2.27. The Kier molecular flexibility index (Phi) is 5.77. The molecule has 1 aliphatic carbocycles. The molecule has 0 spiro atoms. The van der Waals surface area contributed by atoms with Gasteiger partial charge in [0.25, 0.3) is 0 Å². The van der Waals surface area contributed by atoms with Crippen molar-refractivity contribution in [2.45, 2.75) is 77.9 Å². The highest BCUT2D eigenvalue weighted by Crippen LogP contribution is 2.26. The summed E-state index contributed by atoms with van der Waals surface area (Å²) in [5.74, 6) is 0. The number of aliphatic hydroxyl groups is 1. The molecule has 0 heterocycles. The van der Waals surface area contributed by atoms with Gasteiger partial charge in [-0.2, -0.15) is 0 Å². The van der Waals surface area contributed by atoms with E-state index in [9.17, 15) is 5.11 Å². The predicted molar refractivity (Wildman–Crippen MR) is 67.5 cm³/mol. The van der Waals surface area contributed by atoms with E-state index in [1.165, 1.54) is 19.3 Å². The Morgan fingerprint density at radius 1 is 1.19 bits per heavy atom. The summed E-state index contributed by atoms with van der Waals surface area (Å²) in [6.45, 7) is 7.79. The van der Waals surface area contributed by atoms with Crippen LogP contribution in [-0.4, -0.2) is 23.9 Å². The van der Waals surface area contributed by atoms with Gasteiger partial charge in [0.2, 0.25) is 0 Å². The van der Waals surface area contributed by atoms with Crippen molar-refractivity contribution in [2.75, 3.05) is 6.61 Å². The van der Waals surface area contributed by atoms with Crippen LogP contribution in [0, 0.1) is 5.41 Å². The summed E-state index contributed by atoms with van der Waals surface area (Å²) in [5, 5.41) is 9.38. The Balaban J connectivity index is 2.03. The third-order valence-electron chi connectivity index (χ3n) is 3.95. The molecule has 0 aromatic rings. The molecule has 96 valence electrons. The molecule has 0 aliphatic heterocycles. The van der Waals surface area contributed by atoms with Crippen LogP contribution in [0.1, 0.15) is 65.7 Å². The van der Waals surface area contributed by atoms with E-state index in [1.807, 2.05) is 0 Å². The highest BCUT2D eigenvalue weighted by atomic mass is 16.5. The topological polar surface area (TPSA) is 29.5 Å². The molecule has 1 rings (SSSR count). The smallest absolute Gasteiger partial charge is 0.0577 e. The fraction of sp³-hybridized carbons (Fsp3) is 1.00. The highest BCUT2D eigenvalue weighted by Gasteiger charge is 2.20. The van der Waals surface area contributed by atoms with Crippen LogP contribution in [0.15, 0.2) is 0 Å². The second-order valence-corrected chi connectivity index (χ2v) is 5.92. The molecule has 0 bridgehead atoms. The maximum atomic E-state index is 9.38. The lowest BCUT2D eigenvalue weighted by molar-refractivity contribution is -0.00658. The minimum absolute atomic E-state index is 0.0705. The van der Waals surface area contributed by atoms with E-state index in [0.717, 1.165) is 32.3 Å². The van der Waals surface area contributed by atoms with Crippen LogP contribution >= 0.6 is 0 Å². The summed E-state index contributed by atoms with van der Waals surface area (Å²) >= 11 is 0. The van der Waals surface area contributed by atoms with E-state index in [2.05, 4.69) is 20.8 Å². The Morgan fingerprint density at radius 2 is 1.81 bits per heavy atom. The molecule has 1 fully saturated rings. The van der Waals surface area contributed by atoms with Crippen molar-refractivity contribution in [2.24, 2.45) is 5.41 Å². The van der Waals surface area contributed by atoms with Crippen molar-refractivity contribution in [1.29, 1.82) is 0 Å². The summed E-state index contributed by atoms with van der Waals surface area (Å²) in [6, 6.07) is 0. The Hall–Kier alpha value is -0.0800. The van der Waals surface area contributed by atoms with Crippen LogP contribution in [-0.2, 0) is 4.74 Å². The lowest BCUT2D eigenvalue weighted by Crippen LogP contribution is -2.25. The summed E-state index contributed by atoms with van der Waals surface area (Å²) in [5.41, 5.74) is 0.464. The Morgan fingerprint density at radius 3 is 2.38 bits per heavy atom. The average molecular weight is 228 g/mol. The molecular formula is C14H28O2. The lowest BCUT2D eigenvalue weighted by Gasteiger charge is -2.27. The minimum atomic E-state index is -0.0705. The van der Waals surface area contributed by atoms with Crippen LogP contribution in [0.25, 0.3) is 0 Å². The molecule has 1 N–H and O–H groups in total. The van der Waals surface area contributed by atoms with E-state index in [-0.39, 0.29) is 6.10 Å². The van der Waals surface area contributed by atoms with Gasteiger partial charge in [-0.3, -0.25) is 0 Å². The summed E-state index contributed by atoms with van der Waals surface area (Å²) in [4.78, 5) is 0. The first-order chi connectivity index (χ1) is 7.53. The van der Waals surface area contributed by atoms with Crippen LogP contribution in [0.3, 0.4) is 0 Å². The van der Waals surface area contributed by atoms with Gasteiger partial charge in [-0.15, -0.1) is 0 Å². The van der Waals surface area contributed by atoms with Gasteiger partial charge < -0.3 is 9.84 Å². The maximum absolute atomic E-state index is 9.38. The van der Waals surface area contributed by atoms with Crippen molar-refractivity contribution in [1.82, 2.24) is 0 Å². The second-order valence-electron chi connectivity index (χ2n) is 5.92. The predicted octanol–water partition coefficient (Wildman–Crippen LogP) is 3.52. The zero-order chi connectivity index (χ0) is 12.0. The molecule has 16 heavy (non-hydrogen) atoms. The fourth-order valence-corrected chi connectivity index (χ4v) is 2.19. The van der Waals surface area contributed by atoms with Crippen molar-refractivity contribution >= 4 is 0 Å². The van der Waals surface area contributed by atoms with Crippen molar-refractivity contribution < 1.29 is 9.84 Å². The maximum Gasteiger partial charge on any atom is 0.0577 e. The van der Waals surface area contributed by atoms with Gasteiger partial charge >= 0.3 is 0 Å². The van der Waals surface area contributed by atoms with Crippen LogP contribution < -0.4 is 0 Å². The molecule has 1 aliphatic rings. The molecule has 2 nitrogen and oxygen atoms in total. The Bertz CT molecular complexity index is 181. The second kappa shape index (κ2) is 6.61. The van der Waals surface area contributed by atoms with Crippen molar-refractivity contribution in [3.63, 3.8) is 0 Å². The monoisotopic (exact) mass is 228 g/mol. The molecule has 2 heteroatoms. The zero-order valence-electron chi connectivity index (χ0n) is 11.2. The number of aliphatic hydroxyl groups excluding tert-OH is 1. The van der Waals surface area contributed by atoms with Gasteiger partial charge in [-0.25, -0.2) is 0 Å². The standard InChI is InChI=1S/C14H28O2/c1-4-14(2,3)10-5-11-16-13-8-6-12(15)7-9-13/h12-13,15H,4-11H2,1-3H3. The van der Waals surface area contributed by atoms with Crippen LogP contribution in [0.2, 0.25) is 0 Å². The number of rotatable bonds is 6. The summed E-state index contributed by atoms with van der Waals surface area (Å²) < 4.78 is 5.86. The zero-order valence-corrected chi connectivity index (χ0v) is 11.2. The first-order valence-electron chi connectivity index (χ1n) is 6.83. The van der Waals surface area contributed by atoms with Gasteiger partial charge in [0.15, 0.2) is 0 Å². The van der Waals surface area contributed by atoms with Crippen LogP contribution in [0.4, 0.5) is 0 Å². The number of ether oxygens (including phenoxy) is 1. The van der Waals surface area contributed by atoms with Gasteiger partial charge in [-0.05, 0) is 43.9 Å². The largest absolute Gasteiger partial charge is 0.393 e. The molecule has 1 saturated carbocycles. The number of hydrogen-bond acceptors (Lipinski definition) is 2. The van der Waals surface area contributed by atoms with E-state index in [4.69, 9.17) is 4.74 Å². The van der Waals surface area contributed by atoms with Gasteiger partial charge in [-0.1, -0.05) is 27.2 Å². The van der Waals surface area contributed by atoms with Gasteiger partial charge in [0.1, 0.15) is 0 Å². The van der Waals surface area contributed by atoms with Gasteiger partial charge in [0.05, 0.1) is 12.2 Å².